The van der Waals surface area contributed by atoms with Gasteiger partial charge in [0, 0.05) is 11.9 Å². The summed E-state index contributed by atoms with van der Waals surface area (Å²) >= 11 is 0. The number of allylic oxidation sites excluding steroid dienone is 1. The number of nitrogens with zero attached hydrogens (tertiary/aromatic N) is 1. The molecule has 1 N–H and O–H groups in total. The predicted octanol–water partition coefficient (Wildman–Crippen LogP) is 2.02. The van der Waals surface area contributed by atoms with Crippen molar-refractivity contribution in [2.24, 2.45) is 4.99 Å². The molecule has 2 nitrogen and oxygen atoms in total. The van der Waals surface area contributed by atoms with Crippen molar-refractivity contribution in [1.29, 1.82) is 5.41 Å². The zero-order valence-corrected chi connectivity index (χ0v) is 5.94. The molecule has 0 atom stereocenters. The smallest absolute Gasteiger partial charge is 0.0330 e. The van der Waals surface area contributed by atoms with Crippen molar-refractivity contribution < 1.29 is 0 Å². The molecule has 0 spiro atoms. The molecule has 0 aliphatic carbocycles. The van der Waals surface area contributed by atoms with Crippen LogP contribution in [0, 0.1) is 5.41 Å². The average molecular weight is 124 g/mol. The molecule has 9 heavy (non-hydrogen) atoms. The molecule has 0 amide bonds. The van der Waals surface area contributed by atoms with Gasteiger partial charge in [0.25, 0.3) is 0 Å². The number of hydrogen-bond acceptors (Lipinski definition) is 2. The molecule has 0 rings (SSSR count). The second-order valence-corrected chi connectivity index (χ2v) is 1.82. The Morgan fingerprint density at radius 3 is 2.44 bits per heavy atom. The van der Waals surface area contributed by atoms with Gasteiger partial charge in [-0.05, 0) is 25.6 Å². The van der Waals surface area contributed by atoms with Gasteiger partial charge < -0.3 is 5.41 Å². The first-order valence-electron chi connectivity index (χ1n) is 2.92. The molecule has 0 saturated heterocycles. The molecule has 0 aromatic rings. The van der Waals surface area contributed by atoms with Crippen LogP contribution in [0.1, 0.15) is 20.3 Å². The maximum atomic E-state index is 7.20. The van der Waals surface area contributed by atoms with Crippen LogP contribution in [0.15, 0.2) is 16.8 Å². The van der Waals surface area contributed by atoms with E-state index in [1.807, 2.05) is 6.92 Å². The lowest BCUT2D eigenvalue weighted by molar-refractivity contribution is 1.14. The minimum absolute atomic E-state index is 0.574. The highest BCUT2D eigenvalue weighted by Gasteiger charge is 1.92. The number of nitrogens with one attached hydrogen (secondary N) is 1. The number of hydrogen-bond donors (Lipinski definition) is 1. The van der Waals surface area contributed by atoms with Crippen LogP contribution in [0.25, 0.3) is 0 Å². The minimum Gasteiger partial charge on any atom is -0.305 e. The fourth-order valence-electron chi connectivity index (χ4n) is 0.563. The van der Waals surface area contributed by atoms with E-state index in [9.17, 15) is 0 Å². The van der Waals surface area contributed by atoms with Gasteiger partial charge in [-0.1, -0.05) is 6.92 Å². The lowest BCUT2D eigenvalue weighted by Gasteiger charge is -1.96. The van der Waals surface area contributed by atoms with E-state index in [0.717, 1.165) is 12.0 Å². The van der Waals surface area contributed by atoms with E-state index in [1.165, 1.54) is 0 Å². The largest absolute Gasteiger partial charge is 0.305 e. The van der Waals surface area contributed by atoms with Crippen LogP contribution >= 0.6 is 0 Å². The SMILES string of the molecule is C=N/C=C(/CC)C(C)=N. The van der Waals surface area contributed by atoms with Crippen LogP contribution in [0.5, 0.6) is 0 Å². The molecule has 0 aliphatic rings. The van der Waals surface area contributed by atoms with Gasteiger partial charge in [0.2, 0.25) is 0 Å². The first kappa shape index (κ1) is 8.08. The number of rotatable bonds is 3. The fourth-order valence-corrected chi connectivity index (χ4v) is 0.563. The molecule has 2 heteroatoms. The van der Waals surface area contributed by atoms with E-state index in [-0.39, 0.29) is 0 Å². The van der Waals surface area contributed by atoms with Crippen molar-refractivity contribution in [1.82, 2.24) is 0 Å². The Hall–Kier alpha value is -0.920. The van der Waals surface area contributed by atoms with Crippen LogP contribution in [0.4, 0.5) is 0 Å². The van der Waals surface area contributed by atoms with Gasteiger partial charge in [0.15, 0.2) is 0 Å². The predicted molar refractivity (Wildman–Crippen MR) is 41.3 cm³/mol. The Bertz CT molecular complexity index is 145. The summed E-state index contributed by atoms with van der Waals surface area (Å²) in [4.78, 5) is 3.58. The Balaban J connectivity index is 4.14. The van der Waals surface area contributed by atoms with Gasteiger partial charge in [0.1, 0.15) is 0 Å². The quantitative estimate of drug-likeness (QED) is 0.559. The van der Waals surface area contributed by atoms with Crippen LogP contribution < -0.4 is 0 Å². The van der Waals surface area contributed by atoms with Crippen LogP contribution in [0.3, 0.4) is 0 Å². The lowest BCUT2D eigenvalue weighted by Crippen LogP contribution is -1.92. The summed E-state index contributed by atoms with van der Waals surface area (Å²) < 4.78 is 0. The first-order chi connectivity index (χ1) is 4.22. The van der Waals surface area contributed by atoms with Gasteiger partial charge in [-0.25, -0.2) is 0 Å². The molecule has 0 saturated carbocycles. The Labute approximate surface area is 55.8 Å². The summed E-state index contributed by atoms with van der Waals surface area (Å²) in [5, 5.41) is 7.20. The van der Waals surface area contributed by atoms with Crippen LogP contribution in [-0.4, -0.2) is 12.4 Å². The fraction of sp³-hybridized carbons (Fsp3) is 0.429. The summed E-state index contributed by atoms with van der Waals surface area (Å²) in [5.74, 6) is 0. The molecule has 0 bridgehead atoms. The summed E-state index contributed by atoms with van der Waals surface area (Å²) in [5.41, 5.74) is 1.52. The third-order valence-electron chi connectivity index (χ3n) is 1.11. The monoisotopic (exact) mass is 124 g/mol. The topological polar surface area (TPSA) is 36.2 Å². The third-order valence-corrected chi connectivity index (χ3v) is 1.11. The molecule has 0 unspecified atom stereocenters. The number of aliphatic imine (C=N–C) groups is 1. The lowest BCUT2D eigenvalue weighted by atomic mass is 10.1. The highest BCUT2D eigenvalue weighted by molar-refractivity contribution is 5.95. The van der Waals surface area contributed by atoms with Crippen LogP contribution in [0.2, 0.25) is 0 Å². The molecule has 0 aromatic heterocycles. The summed E-state index contributed by atoms with van der Waals surface area (Å²) in [6.07, 6.45) is 2.48. The van der Waals surface area contributed by atoms with Crippen molar-refractivity contribution >= 4 is 12.4 Å². The molecular weight excluding hydrogens is 112 g/mol. The highest BCUT2D eigenvalue weighted by atomic mass is 14.6. The normalized spacial score (nSPS) is 11.1. The van der Waals surface area contributed by atoms with Gasteiger partial charge in [-0.2, -0.15) is 0 Å². The van der Waals surface area contributed by atoms with E-state index >= 15 is 0 Å². The van der Waals surface area contributed by atoms with Gasteiger partial charge in [-0.3, -0.25) is 4.99 Å². The van der Waals surface area contributed by atoms with E-state index in [1.54, 1.807) is 13.1 Å². The Morgan fingerprint density at radius 2 is 2.33 bits per heavy atom. The molecule has 0 fully saturated rings. The van der Waals surface area contributed by atoms with Crippen molar-refractivity contribution in [2.75, 3.05) is 0 Å². The Kier molecular flexibility index (Phi) is 3.60. The molecule has 0 radical (unpaired) electrons. The van der Waals surface area contributed by atoms with E-state index in [0.29, 0.717) is 5.71 Å². The average Bonchev–Trinajstić information content (AvgIpc) is 1.82. The van der Waals surface area contributed by atoms with E-state index in [2.05, 4.69) is 11.7 Å². The van der Waals surface area contributed by atoms with Crippen molar-refractivity contribution in [3.05, 3.63) is 11.8 Å². The third kappa shape index (κ3) is 2.80. The Morgan fingerprint density at radius 1 is 1.78 bits per heavy atom. The second-order valence-electron chi connectivity index (χ2n) is 1.82. The first-order valence-corrected chi connectivity index (χ1v) is 2.92. The molecule has 0 aromatic carbocycles. The zero-order chi connectivity index (χ0) is 7.28. The van der Waals surface area contributed by atoms with Gasteiger partial charge in [-0.15, -0.1) is 0 Å². The molecule has 50 valence electrons. The zero-order valence-electron chi connectivity index (χ0n) is 5.94. The van der Waals surface area contributed by atoms with E-state index < -0.39 is 0 Å². The minimum atomic E-state index is 0.574. The van der Waals surface area contributed by atoms with Crippen LogP contribution in [-0.2, 0) is 0 Å². The van der Waals surface area contributed by atoms with Gasteiger partial charge in [0.05, 0.1) is 0 Å². The second kappa shape index (κ2) is 4.01. The molecule has 0 aliphatic heterocycles. The summed E-state index contributed by atoms with van der Waals surface area (Å²) in [6, 6.07) is 0. The van der Waals surface area contributed by atoms with Crippen molar-refractivity contribution in [3.63, 3.8) is 0 Å². The van der Waals surface area contributed by atoms with E-state index in [4.69, 9.17) is 5.41 Å². The highest BCUT2D eigenvalue weighted by Crippen LogP contribution is 2.00. The molecule has 0 heterocycles. The standard InChI is InChI=1S/C7H12N2/c1-4-7(5-9-3)6(2)8/h5,8H,3-4H2,1-2H3/b7-5-,8-6?. The van der Waals surface area contributed by atoms with Gasteiger partial charge >= 0.3 is 0 Å². The summed E-state index contributed by atoms with van der Waals surface area (Å²) in [7, 11) is 0. The summed E-state index contributed by atoms with van der Waals surface area (Å²) in [6.45, 7) is 7.05. The molecular formula is C7H12N2. The maximum Gasteiger partial charge on any atom is 0.0330 e. The maximum absolute atomic E-state index is 7.20. The van der Waals surface area contributed by atoms with Crippen molar-refractivity contribution in [3.8, 4) is 0 Å². The van der Waals surface area contributed by atoms with Crippen molar-refractivity contribution in [2.45, 2.75) is 20.3 Å².